The van der Waals surface area contributed by atoms with Crippen molar-refractivity contribution in [3.05, 3.63) is 16.0 Å². The molecule has 8 nitrogen and oxygen atoms in total. The first-order valence-corrected chi connectivity index (χ1v) is 8.05. The smallest absolute Gasteiger partial charge is 0.278 e. The number of H-pyrrole nitrogens is 1. The molecule has 5 N–H and O–H groups in total. The largest absolute Gasteiger partial charge is 0.393 e. The van der Waals surface area contributed by atoms with E-state index >= 15 is 4.39 Å². The molecule has 1 saturated carbocycles. The van der Waals surface area contributed by atoms with Gasteiger partial charge in [-0.15, -0.1) is 11.6 Å². The van der Waals surface area contributed by atoms with Crippen molar-refractivity contribution in [3.63, 3.8) is 0 Å². The molecule has 0 amide bonds. The molecule has 1 aromatic heterocycles. The van der Waals surface area contributed by atoms with Crippen LogP contribution in [-0.4, -0.2) is 62.4 Å². The number of nitrogens with zero attached hydrogens (tertiary/aromatic N) is 2. The molecule has 10 heteroatoms. The monoisotopic (exact) mass is 358 g/mol. The van der Waals surface area contributed by atoms with Gasteiger partial charge < -0.3 is 20.7 Å². The van der Waals surface area contributed by atoms with Crippen LogP contribution in [0.1, 0.15) is 5.69 Å². The quantitative estimate of drug-likeness (QED) is 0.528. The fourth-order valence-corrected chi connectivity index (χ4v) is 4.18. The van der Waals surface area contributed by atoms with Crippen LogP contribution in [0.2, 0.25) is 0 Å². The summed E-state index contributed by atoms with van der Waals surface area (Å²) in [4.78, 5) is 22.3. The zero-order valence-electron chi connectivity index (χ0n) is 12.4. The van der Waals surface area contributed by atoms with Crippen molar-refractivity contribution < 1.29 is 19.3 Å². The second kappa shape index (κ2) is 4.98. The number of halogens is 2. The van der Waals surface area contributed by atoms with Crippen molar-refractivity contribution in [2.24, 2.45) is 16.8 Å². The van der Waals surface area contributed by atoms with Crippen LogP contribution in [0, 0.1) is 11.8 Å². The van der Waals surface area contributed by atoms with Gasteiger partial charge in [-0.05, 0) is 0 Å². The van der Waals surface area contributed by atoms with Gasteiger partial charge in [0.25, 0.3) is 5.56 Å². The number of nitrogen functional groups attached to an aromatic ring is 1. The first kappa shape index (κ1) is 15.9. The number of aromatic amines is 1. The Morgan fingerprint density at radius 2 is 2.33 bits per heavy atom. The van der Waals surface area contributed by atoms with Crippen LogP contribution in [0.3, 0.4) is 0 Å². The Morgan fingerprint density at radius 3 is 2.92 bits per heavy atom. The molecule has 130 valence electrons. The van der Waals surface area contributed by atoms with Crippen LogP contribution in [0.4, 0.5) is 16.0 Å². The molecule has 24 heavy (non-hydrogen) atoms. The highest BCUT2D eigenvalue weighted by Crippen LogP contribution is 2.64. The molecule has 0 spiro atoms. The lowest BCUT2D eigenvalue weighted by atomic mass is 9.88. The maximum atomic E-state index is 15.2. The summed E-state index contributed by atoms with van der Waals surface area (Å²) in [5.41, 5.74) is 2.14. The number of alkyl halides is 2. The number of aromatic nitrogens is 2. The van der Waals surface area contributed by atoms with Crippen LogP contribution in [-0.2, 0) is 11.2 Å². The molecule has 2 fully saturated rings. The number of fused-ring (bicyclic) bond motifs is 2. The summed E-state index contributed by atoms with van der Waals surface area (Å²) in [5, 5.41) is 19.7. The van der Waals surface area contributed by atoms with E-state index in [1.165, 1.54) is 6.21 Å². The van der Waals surface area contributed by atoms with Crippen molar-refractivity contribution in [2.45, 2.75) is 29.9 Å². The SMILES string of the molecule is Nc1nc2c(c(=O)[nH]1)N=CC(C1[C@@H]3O[C@@](CO)(CCl)[C@@H](O)[C@@]13F)C2. The fourth-order valence-electron chi connectivity index (χ4n) is 3.89. The minimum atomic E-state index is -2.00. The predicted octanol–water partition coefficient (Wildman–Crippen LogP) is -0.706. The zero-order chi connectivity index (χ0) is 17.3. The molecule has 6 atom stereocenters. The molecule has 2 aliphatic heterocycles. The number of rotatable bonds is 3. The van der Waals surface area contributed by atoms with Gasteiger partial charge in [0.15, 0.2) is 5.67 Å². The van der Waals surface area contributed by atoms with E-state index in [0.29, 0.717) is 5.69 Å². The van der Waals surface area contributed by atoms with Crippen LogP contribution in [0.5, 0.6) is 0 Å². The lowest BCUT2D eigenvalue weighted by Crippen LogP contribution is -2.52. The molecular formula is C14H16ClFN4O4. The van der Waals surface area contributed by atoms with Gasteiger partial charge in [-0.2, -0.15) is 0 Å². The number of hydrogen-bond donors (Lipinski definition) is 4. The Bertz CT molecular complexity index is 783. The highest BCUT2D eigenvalue weighted by Gasteiger charge is 2.82. The number of anilines is 1. The van der Waals surface area contributed by atoms with E-state index in [1.54, 1.807) is 0 Å². The van der Waals surface area contributed by atoms with Gasteiger partial charge in [0, 0.05) is 24.5 Å². The summed E-state index contributed by atoms with van der Waals surface area (Å²) in [6.07, 6.45) is -0.662. The number of hydrogen-bond acceptors (Lipinski definition) is 7. The third-order valence-corrected chi connectivity index (χ3v) is 5.66. The van der Waals surface area contributed by atoms with Crippen molar-refractivity contribution in [2.75, 3.05) is 18.2 Å². The molecule has 3 aliphatic rings. The van der Waals surface area contributed by atoms with Gasteiger partial charge in [0.2, 0.25) is 5.95 Å². The van der Waals surface area contributed by atoms with Gasteiger partial charge in [-0.3, -0.25) is 14.8 Å². The number of aliphatic hydroxyl groups excluding tert-OH is 2. The van der Waals surface area contributed by atoms with Crippen molar-refractivity contribution in [3.8, 4) is 0 Å². The lowest BCUT2D eigenvalue weighted by molar-refractivity contribution is -0.120. The van der Waals surface area contributed by atoms with Gasteiger partial charge >= 0.3 is 0 Å². The normalized spacial score (nSPS) is 42.7. The van der Waals surface area contributed by atoms with Gasteiger partial charge in [0.05, 0.1) is 18.2 Å². The van der Waals surface area contributed by atoms with E-state index in [0.717, 1.165) is 0 Å². The third-order valence-electron chi connectivity index (χ3n) is 5.21. The summed E-state index contributed by atoms with van der Waals surface area (Å²) < 4.78 is 20.8. The Labute approximate surface area is 140 Å². The van der Waals surface area contributed by atoms with E-state index in [2.05, 4.69) is 15.0 Å². The Morgan fingerprint density at radius 1 is 1.58 bits per heavy atom. The number of nitrogens with one attached hydrogen (secondary N) is 1. The van der Waals surface area contributed by atoms with E-state index in [-0.39, 0.29) is 23.9 Å². The predicted molar refractivity (Wildman–Crippen MR) is 83.4 cm³/mol. The Hall–Kier alpha value is -1.55. The highest BCUT2D eigenvalue weighted by atomic mass is 35.5. The van der Waals surface area contributed by atoms with Gasteiger partial charge in [0.1, 0.15) is 23.5 Å². The Balaban J connectivity index is 1.60. The van der Waals surface area contributed by atoms with Gasteiger partial charge in [-0.25, -0.2) is 9.37 Å². The van der Waals surface area contributed by atoms with Gasteiger partial charge in [-0.1, -0.05) is 0 Å². The molecule has 0 aromatic carbocycles. The summed E-state index contributed by atoms with van der Waals surface area (Å²) in [6, 6.07) is 0. The van der Waals surface area contributed by atoms with Crippen molar-refractivity contribution in [1.29, 1.82) is 0 Å². The minimum absolute atomic E-state index is 0.0294. The third kappa shape index (κ3) is 1.86. The number of ether oxygens (including phenoxy) is 1. The number of aliphatic hydroxyl groups is 2. The van der Waals surface area contributed by atoms with E-state index < -0.39 is 47.5 Å². The molecule has 2 unspecified atom stereocenters. The molecule has 0 radical (unpaired) electrons. The van der Waals surface area contributed by atoms with Crippen LogP contribution in [0.15, 0.2) is 9.79 Å². The van der Waals surface area contributed by atoms with E-state index in [4.69, 9.17) is 22.1 Å². The molecule has 0 bridgehead atoms. The fraction of sp³-hybridized carbons (Fsp3) is 0.643. The molecule has 1 aliphatic carbocycles. The van der Waals surface area contributed by atoms with E-state index in [9.17, 15) is 15.0 Å². The minimum Gasteiger partial charge on any atom is -0.393 e. The number of aliphatic imine (C=N–C) groups is 1. The second-order valence-electron chi connectivity index (χ2n) is 6.54. The standard InChI is InChI=1S/C14H16ClFN4O4/c15-3-13(4-21)11(23)14(16)7(9(14)24-13)5-1-6-8(18-2-5)10(22)20-12(17)19-6/h2,5,7,9,11,21,23H,1,3-4H2,(H3,17,19,20,22)/t5?,7?,9-,11+,13+,14+/m0/s1. The lowest BCUT2D eigenvalue weighted by Gasteiger charge is -2.33. The van der Waals surface area contributed by atoms with Crippen LogP contribution < -0.4 is 11.3 Å². The first-order valence-electron chi connectivity index (χ1n) is 7.52. The van der Waals surface area contributed by atoms with E-state index in [1.807, 2.05) is 0 Å². The summed E-state index contributed by atoms with van der Waals surface area (Å²) in [5.74, 6) is -1.29. The second-order valence-corrected chi connectivity index (χ2v) is 6.81. The van der Waals surface area contributed by atoms with Crippen molar-refractivity contribution in [1.82, 2.24) is 9.97 Å². The topological polar surface area (TPSA) is 134 Å². The maximum absolute atomic E-state index is 15.2. The highest BCUT2D eigenvalue weighted by molar-refractivity contribution is 6.18. The molecule has 3 heterocycles. The zero-order valence-corrected chi connectivity index (χ0v) is 13.2. The number of nitrogens with two attached hydrogens (primary N) is 1. The molecule has 1 aromatic rings. The first-order chi connectivity index (χ1) is 11.4. The Kier molecular flexibility index (Phi) is 3.31. The summed E-state index contributed by atoms with van der Waals surface area (Å²) in [6.45, 7) is -0.568. The molecular weight excluding hydrogens is 343 g/mol. The molecule has 4 rings (SSSR count). The summed E-state index contributed by atoms with van der Waals surface area (Å²) >= 11 is 5.74. The van der Waals surface area contributed by atoms with Crippen LogP contribution >= 0.6 is 11.6 Å². The average molecular weight is 359 g/mol. The van der Waals surface area contributed by atoms with Crippen LogP contribution in [0.25, 0.3) is 0 Å². The summed E-state index contributed by atoms with van der Waals surface area (Å²) in [7, 11) is 0. The average Bonchev–Trinajstić information content (AvgIpc) is 3.08. The maximum Gasteiger partial charge on any atom is 0.278 e. The van der Waals surface area contributed by atoms with Crippen molar-refractivity contribution >= 4 is 29.5 Å². The molecule has 1 saturated heterocycles.